The van der Waals surface area contributed by atoms with E-state index in [0.717, 1.165) is 5.56 Å². The summed E-state index contributed by atoms with van der Waals surface area (Å²) in [4.78, 5) is 36.3. The lowest BCUT2D eigenvalue weighted by molar-refractivity contribution is -0.131. The molecule has 1 saturated heterocycles. The van der Waals surface area contributed by atoms with E-state index in [0.29, 0.717) is 23.1 Å². The molecule has 26 heavy (non-hydrogen) atoms. The molecule has 0 spiro atoms. The van der Waals surface area contributed by atoms with Gasteiger partial charge in [-0.3, -0.25) is 14.9 Å². The fourth-order valence-electron chi connectivity index (χ4n) is 2.67. The Labute approximate surface area is 155 Å². The Morgan fingerprint density at radius 2 is 1.92 bits per heavy atom. The first kappa shape index (κ1) is 18.0. The van der Waals surface area contributed by atoms with Crippen molar-refractivity contribution in [1.82, 2.24) is 15.5 Å². The average Bonchev–Trinajstić information content (AvgIpc) is 3.19. The van der Waals surface area contributed by atoms with Gasteiger partial charge < -0.3 is 14.6 Å². The minimum atomic E-state index is -0.653. The van der Waals surface area contributed by atoms with Crippen LogP contribution in [0.15, 0.2) is 40.8 Å². The monoisotopic (exact) mass is 375 g/mol. The summed E-state index contributed by atoms with van der Waals surface area (Å²) in [6.45, 7) is 0.315. The Balaban J connectivity index is 1.53. The number of nitrogens with one attached hydrogen (secondary N) is 2. The van der Waals surface area contributed by atoms with E-state index in [4.69, 9.17) is 16.0 Å². The molecule has 136 valence electrons. The normalized spacial score (nSPS) is 16.3. The highest BCUT2D eigenvalue weighted by Crippen LogP contribution is 2.24. The molecule has 2 N–H and O–H groups in total. The number of carbonyl (C=O) groups is 3. The number of carbonyl (C=O) groups excluding carboxylic acids is 3. The third kappa shape index (κ3) is 4.23. The Kier molecular flexibility index (Phi) is 5.27. The summed E-state index contributed by atoms with van der Waals surface area (Å²) in [5, 5.41) is 5.27. The minimum Gasteiger partial charge on any atom is -0.459 e. The smallest absolute Gasteiger partial charge is 0.322 e. The second-order valence-electron chi connectivity index (χ2n) is 6.08. The standard InChI is InChI=1S/C18H18ClN3O4/c1-22(16(23)9-7-14-17(24)21-18(25)20-14)10-13-6-8-15(26-13)11-2-4-12(19)5-3-11/h2-6,8,14H,7,9-10H2,1H3,(H2,20,21,24,25)/t14-/m1/s1. The fraction of sp³-hybridized carbons (Fsp3) is 0.278. The second kappa shape index (κ2) is 7.61. The second-order valence-corrected chi connectivity index (χ2v) is 6.51. The first-order valence-electron chi connectivity index (χ1n) is 8.12. The van der Waals surface area contributed by atoms with Gasteiger partial charge in [-0.15, -0.1) is 0 Å². The highest BCUT2D eigenvalue weighted by Gasteiger charge is 2.29. The van der Waals surface area contributed by atoms with Crippen LogP contribution in [-0.4, -0.2) is 35.8 Å². The highest BCUT2D eigenvalue weighted by atomic mass is 35.5. The third-order valence-corrected chi connectivity index (χ3v) is 4.37. The number of nitrogens with zero attached hydrogens (tertiary/aromatic N) is 1. The van der Waals surface area contributed by atoms with Crippen LogP contribution in [0.25, 0.3) is 11.3 Å². The van der Waals surface area contributed by atoms with Crippen molar-refractivity contribution in [1.29, 1.82) is 0 Å². The number of amides is 4. The molecule has 1 aromatic carbocycles. The van der Waals surface area contributed by atoms with E-state index in [2.05, 4.69) is 10.6 Å². The van der Waals surface area contributed by atoms with Crippen LogP contribution in [0.4, 0.5) is 4.79 Å². The molecule has 2 aromatic rings. The number of imide groups is 1. The molecule has 1 atom stereocenters. The molecule has 1 fully saturated rings. The number of halogens is 1. The van der Waals surface area contributed by atoms with Gasteiger partial charge in [-0.1, -0.05) is 11.6 Å². The Morgan fingerprint density at radius 1 is 1.19 bits per heavy atom. The topological polar surface area (TPSA) is 91.7 Å². The first-order valence-corrected chi connectivity index (χ1v) is 8.50. The van der Waals surface area contributed by atoms with Gasteiger partial charge in [0.1, 0.15) is 17.6 Å². The van der Waals surface area contributed by atoms with Gasteiger partial charge in [-0.05, 0) is 42.8 Å². The molecule has 0 saturated carbocycles. The van der Waals surface area contributed by atoms with Crippen molar-refractivity contribution in [3.63, 3.8) is 0 Å². The van der Waals surface area contributed by atoms with Gasteiger partial charge in [0.05, 0.1) is 6.54 Å². The lowest BCUT2D eigenvalue weighted by Crippen LogP contribution is -2.32. The van der Waals surface area contributed by atoms with Gasteiger partial charge in [0.15, 0.2) is 0 Å². The van der Waals surface area contributed by atoms with Crippen molar-refractivity contribution >= 4 is 29.4 Å². The van der Waals surface area contributed by atoms with Crippen molar-refractivity contribution in [2.24, 2.45) is 0 Å². The van der Waals surface area contributed by atoms with Crippen LogP contribution in [0.5, 0.6) is 0 Å². The summed E-state index contributed by atoms with van der Waals surface area (Å²) < 4.78 is 5.78. The number of hydrogen-bond donors (Lipinski definition) is 2. The molecular weight excluding hydrogens is 358 g/mol. The molecule has 2 heterocycles. The predicted molar refractivity (Wildman–Crippen MR) is 95.3 cm³/mol. The Morgan fingerprint density at radius 3 is 2.58 bits per heavy atom. The molecule has 7 nitrogen and oxygen atoms in total. The van der Waals surface area contributed by atoms with Gasteiger partial charge in [0, 0.05) is 24.1 Å². The van der Waals surface area contributed by atoms with Crippen LogP contribution < -0.4 is 10.6 Å². The van der Waals surface area contributed by atoms with Gasteiger partial charge in [-0.2, -0.15) is 0 Å². The minimum absolute atomic E-state index is 0.136. The van der Waals surface area contributed by atoms with Gasteiger partial charge in [0.25, 0.3) is 5.91 Å². The van der Waals surface area contributed by atoms with Crippen molar-refractivity contribution in [2.75, 3.05) is 7.05 Å². The summed E-state index contributed by atoms with van der Waals surface area (Å²) in [6, 6.07) is 9.78. The molecule has 0 radical (unpaired) electrons. The van der Waals surface area contributed by atoms with Crippen LogP contribution in [0, 0.1) is 0 Å². The summed E-state index contributed by atoms with van der Waals surface area (Å²) in [6.07, 6.45) is 0.411. The maximum atomic E-state index is 12.2. The molecule has 8 heteroatoms. The lowest BCUT2D eigenvalue weighted by atomic mass is 10.1. The molecule has 3 rings (SSSR count). The van der Waals surface area contributed by atoms with Gasteiger partial charge in [-0.25, -0.2) is 4.79 Å². The largest absolute Gasteiger partial charge is 0.459 e. The van der Waals surface area contributed by atoms with Crippen LogP contribution in [-0.2, 0) is 16.1 Å². The number of urea groups is 1. The van der Waals surface area contributed by atoms with Gasteiger partial charge in [0.2, 0.25) is 5.91 Å². The number of hydrogen-bond acceptors (Lipinski definition) is 4. The van der Waals surface area contributed by atoms with E-state index >= 15 is 0 Å². The van der Waals surface area contributed by atoms with E-state index in [-0.39, 0.29) is 18.7 Å². The first-order chi connectivity index (χ1) is 12.4. The Bertz CT molecular complexity index is 831. The van der Waals surface area contributed by atoms with E-state index in [9.17, 15) is 14.4 Å². The van der Waals surface area contributed by atoms with Crippen molar-refractivity contribution in [3.8, 4) is 11.3 Å². The summed E-state index contributed by atoms with van der Waals surface area (Å²) in [5.41, 5.74) is 0.901. The summed E-state index contributed by atoms with van der Waals surface area (Å²) >= 11 is 5.88. The summed E-state index contributed by atoms with van der Waals surface area (Å²) in [5.74, 6) is 0.813. The predicted octanol–water partition coefficient (Wildman–Crippen LogP) is 2.55. The maximum Gasteiger partial charge on any atom is 0.322 e. The number of benzene rings is 1. The van der Waals surface area contributed by atoms with Crippen molar-refractivity contribution < 1.29 is 18.8 Å². The fourth-order valence-corrected chi connectivity index (χ4v) is 2.80. The summed E-state index contributed by atoms with van der Waals surface area (Å²) in [7, 11) is 1.67. The van der Waals surface area contributed by atoms with Crippen molar-refractivity contribution in [3.05, 3.63) is 47.2 Å². The zero-order valence-electron chi connectivity index (χ0n) is 14.1. The zero-order valence-corrected chi connectivity index (χ0v) is 14.9. The van der Waals surface area contributed by atoms with E-state index in [1.54, 1.807) is 19.2 Å². The van der Waals surface area contributed by atoms with E-state index in [1.807, 2.05) is 24.3 Å². The highest BCUT2D eigenvalue weighted by molar-refractivity contribution is 6.30. The molecule has 0 unspecified atom stereocenters. The lowest BCUT2D eigenvalue weighted by Gasteiger charge is -2.16. The van der Waals surface area contributed by atoms with Crippen LogP contribution in [0.2, 0.25) is 5.02 Å². The number of rotatable bonds is 6. The number of furan rings is 1. The molecule has 1 aromatic heterocycles. The Hall–Kier alpha value is -2.80. The third-order valence-electron chi connectivity index (χ3n) is 4.11. The molecule has 1 aliphatic rings. The quantitative estimate of drug-likeness (QED) is 0.759. The van der Waals surface area contributed by atoms with Crippen LogP contribution in [0.1, 0.15) is 18.6 Å². The molecular formula is C18H18ClN3O4. The maximum absolute atomic E-state index is 12.2. The SMILES string of the molecule is CN(Cc1ccc(-c2ccc(Cl)cc2)o1)C(=O)CC[C@H]1NC(=O)NC1=O. The van der Waals surface area contributed by atoms with Crippen LogP contribution >= 0.6 is 11.6 Å². The van der Waals surface area contributed by atoms with E-state index in [1.165, 1.54) is 4.90 Å². The van der Waals surface area contributed by atoms with Crippen molar-refractivity contribution in [2.45, 2.75) is 25.4 Å². The van der Waals surface area contributed by atoms with E-state index < -0.39 is 18.0 Å². The van der Waals surface area contributed by atoms with Gasteiger partial charge >= 0.3 is 6.03 Å². The molecule has 4 amide bonds. The average molecular weight is 376 g/mol. The molecule has 1 aliphatic heterocycles. The zero-order chi connectivity index (χ0) is 18.7. The molecule has 0 bridgehead atoms. The van der Waals surface area contributed by atoms with Crippen LogP contribution in [0.3, 0.4) is 0 Å². The molecule has 0 aliphatic carbocycles.